The number of thiophene rings is 1. The maximum atomic E-state index is 12.7. The summed E-state index contributed by atoms with van der Waals surface area (Å²) in [6.45, 7) is 4.76. The number of Topliss-reactive ketones (excluding diaryl/α,β-unsaturated/α-hetero) is 1. The van der Waals surface area contributed by atoms with Gasteiger partial charge >= 0.3 is 0 Å². The Labute approximate surface area is 128 Å². The number of hydrogen-bond acceptors (Lipinski definition) is 4. The summed E-state index contributed by atoms with van der Waals surface area (Å²) in [6, 6.07) is 1.99. The molecular formula is C16H19NO3S. The van der Waals surface area contributed by atoms with Crippen molar-refractivity contribution < 1.29 is 14.3 Å². The van der Waals surface area contributed by atoms with Crippen molar-refractivity contribution in [1.82, 2.24) is 4.90 Å². The molecule has 0 spiro atoms. The minimum absolute atomic E-state index is 0.0851. The van der Waals surface area contributed by atoms with Crippen LogP contribution in [-0.2, 0) is 22.6 Å². The van der Waals surface area contributed by atoms with Crippen molar-refractivity contribution in [3.05, 3.63) is 21.4 Å². The van der Waals surface area contributed by atoms with Crippen LogP contribution in [0.1, 0.15) is 33.5 Å². The van der Waals surface area contributed by atoms with Gasteiger partial charge in [0.25, 0.3) is 5.91 Å². The molecule has 112 valence electrons. The number of fused-ring (bicyclic) bond motifs is 2. The lowest BCUT2D eigenvalue weighted by atomic mass is 10.0. The predicted octanol–water partition coefficient (Wildman–Crippen LogP) is 2.12. The van der Waals surface area contributed by atoms with E-state index in [-0.39, 0.29) is 17.7 Å². The summed E-state index contributed by atoms with van der Waals surface area (Å²) in [5, 5.41) is 0. The molecule has 1 saturated heterocycles. The molecule has 2 fully saturated rings. The zero-order chi connectivity index (χ0) is 14.6. The van der Waals surface area contributed by atoms with Crippen LogP contribution in [0.3, 0.4) is 0 Å². The van der Waals surface area contributed by atoms with Crippen LogP contribution < -0.4 is 0 Å². The third-order valence-electron chi connectivity index (χ3n) is 5.07. The first-order valence-electron chi connectivity index (χ1n) is 7.66. The molecule has 1 aromatic rings. The van der Waals surface area contributed by atoms with Gasteiger partial charge in [-0.2, -0.15) is 0 Å². The normalized spacial score (nSPS) is 31.4. The standard InChI is InChI=1S/C16H19NO3S/c1-9-4-10-6-17(7-12(10)15(9)18)16(19)14-5-11-8-20-3-2-13(11)21-14/h5,9-10,12H,2-4,6-8H2,1H3/t9-,10+,12-/m1/s1. The first kappa shape index (κ1) is 13.5. The molecule has 3 atom stereocenters. The van der Waals surface area contributed by atoms with Gasteiger partial charge in [0.1, 0.15) is 5.78 Å². The van der Waals surface area contributed by atoms with Gasteiger partial charge in [0.15, 0.2) is 0 Å². The van der Waals surface area contributed by atoms with Gasteiger partial charge in [-0.05, 0) is 24.0 Å². The van der Waals surface area contributed by atoms with Gasteiger partial charge in [0, 0.05) is 36.2 Å². The van der Waals surface area contributed by atoms with Crippen LogP contribution in [-0.4, -0.2) is 36.3 Å². The lowest BCUT2D eigenvalue weighted by molar-refractivity contribution is -0.123. The molecule has 1 saturated carbocycles. The Hall–Kier alpha value is -1.20. The largest absolute Gasteiger partial charge is 0.376 e. The molecule has 1 amide bonds. The van der Waals surface area contributed by atoms with E-state index < -0.39 is 0 Å². The SMILES string of the molecule is C[C@@H]1C[C@H]2CN(C(=O)c3cc4c(s3)CCOC4)C[C@H]2C1=O. The summed E-state index contributed by atoms with van der Waals surface area (Å²) < 4.78 is 5.44. The summed E-state index contributed by atoms with van der Waals surface area (Å²) in [5.41, 5.74) is 1.17. The van der Waals surface area contributed by atoms with Crippen molar-refractivity contribution in [1.29, 1.82) is 0 Å². The second-order valence-corrected chi connectivity index (χ2v) is 7.61. The number of amides is 1. The molecule has 4 nitrogen and oxygen atoms in total. The van der Waals surface area contributed by atoms with E-state index >= 15 is 0 Å². The highest BCUT2D eigenvalue weighted by atomic mass is 32.1. The number of carbonyl (C=O) groups excluding carboxylic acids is 2. The van der Waals surface area contributed by atoms with E-state index in [2.05, 4.69) is 0 Å². The third kappa shape index (κ3) is 2.14. The van der Waals surface area contributed by atoms with Gasteiger partial charge in [-0.3, -0.25) is 9.59 Å². The number of ketones is 1. The quantitative estimate of drug-likeness (QED) is 0.798. The summed E-state index contributed by atoms with van der Waals surface area (Å²) in [6.07, 6.45) is 1.86. The van der Waals surface area contributed by atoms with Crippen LogP contribution in [0, 0.1) is 17.8 Å². The number of ether oxygens (including phenoxy) is 1. The van der Waals surface area contributed by atoms with Crippen LogP contribution in [0.15, 0.2) is 6.07 Å². The number of likely N-dealkylation sites (tertiary alicyclic amines) is 1. The summed E-state index contributed by atoms with van der Waals surface area (Å²) in [5.74, 6) is 1.11. The van der Waals surface area contributed by atoms with Crippen LogP contribution in [0.5, 0.6) is 0 Å². The Morgan fingerprint density at radius 3 is 3.05 bits per heavy atom. The van der Waals surface area contributed by atoms with Gasteiger partial charge in [-0.25, -0.2) is 0 Å². The zero-order valence-corrected chi connectivity index (χ0v) is 12.9. The fourth-order valence-corrected chi connectivity index (χ4v) is 5.06. The lowest BCUT2D eigenvalue weighted by Gasteiger charge is -2.17. The number of nitrogens with zero attached hydrogens (tertiary/aromatic N) is 1. The second-order valence-electron chi connectivity index (χ2n) is 6.48. The molecule has 0 aromatic carbocycles. The molecule has 0 unspecified atom stereocenters. The first-order valence-corrected chi connectivity index (χ1v) is 8.47. The Balaban J connectivity index is 1.51. The lowest BCUT2D eigenvalue weighted by Crippen LogP contribution is -2.30. The van der Waals surface area contributed by atoms with E-state index in [0.29, 0.717) is 24.9 Å². The van der Waals surface area contributed by atoms with Crippen LogP contribution in [0.4, 0.5) is 0 Å². The van der Waals surface area contributed by atoms with Crippen molar-refractivity contribution in [3.63, 3.8) is 0 Å². The van der Waals surface area contributed by atoms with Crippen LogP contribution in [0.2, 0.25) is 0 Å². The molecule has 1 aliphatic carbocycles. The minimum Gasteiger partial charge on any atom is -0.376 e. The first-order chi connectivity index (χ1) is 10.1. The molecule has 1 aromatic heterocycles. The molecule has 0 bridgehead atoms. The predicted molar refractivity (Wildman–Crippen MR) is 79.4 cm³/mol. The summed E-state index contributed by atoms with van der Waals surface area (Å²) in [7, 11) is 0. The number of hydrogen-bond donors (Lipinski definition) is 0. The van der Waals surface area contributed by atoms with E-state index in [1.165, 1.54) is 10.4 Å². The average molecular weight is 305 g/mol. The Kier molecular flexibility index (Phi) is 3.15. The molecule has 4 rings (SSSR count). The van der Waals surface area contributed by atoms with Crippen LogP contribution >= 0.6 is 11.3 Å². The van der Waals surface area contributed by atoms with Crippen molar-refractivity contribution >= 4 is 23.0 Å². The van der Waals surface area contributed by atoms with E-state index in [4.69, 9.17) is 4.74 Å². The van der Waals surface area contributed by atoms with Gasteiger partial charge in [0.2, 0.25) is 0 Å². The van der Waals surface area contributed by atoms with Crippen molar-refractivity contribution in [2.24, 2.45) is 17.8 Å². The molecular weight excluding hydrogens is 286 g/mol. The Morgan fingerprint density at radius 1 is 1.43 bits per heavy atom. The average Bonchev–Trinajstić information content (AvgIpc) is 3.14. The molecule has 0 N–H and O–H groups in total. The zero-order valence-electron chi connectivity index (χ0n) is 12.1. The second kappa shape index (κ2) is 4.92. The summed E-state index contributed by atoms with van der Waals surface area (Å²) in [4.78, 5) is 28.8. The monoisotopic (exact) mass is 305 g/mol. The van der Waals surface area contributed by atoms with E-state index in [1.54, 1.807) is 11.3 Å². The van der Waals surface area contributed by atoms with Gasteiger partial charge in [-0.1, -0.05) is 6.92 Å². The maximum Gasteiger partial charge on any atom is 0.263 e. The van der Waals surface area contributed by atoms with Crippen molar-refractivity contribution in [2.75, 3.05) is 19.7 Å². The topological polar surface area (TPSA) is 46.6 Å². The van der Waals surface area contributed by atoms with Crippen molar-refractivity contribution in [2.45, 2.75) is 26.4 Å². The fourth-order valence-electron chi connectivity index (χ4n) is 3.94. The van der Waals surface area contributed by atoms with E-state index in [1.807, 2.05) is 17.9 Å². The third-order valence-corrected chi connectivity index (χ3v) is 6.30. The molecule has 21 heavy (non-hydrogen) atoms. The highest BCUT2D eigenvalue weighted by molar-refractivity contribution is 7.14. The Bertz CT molecular complexity index is 585. The van der Waals surface area contributed by atoms with Crippen molar-refractivity contribution in [3.8, 4) is 0 Å². The van der Waals surface area contributed by atoms with Gasteiger partial charge in [-0.15, -0.1) is 11.3 Å². The van der Waals surface area contributed by atoms with E-state index in [9.17, 15) is 9.59 Å². The smallest absolute Gasteiger partial charge is 0.263 e. The molecule has 5 heteroatoms. The highest BCUT2D eigenvalue weighted by Gasteiger charge is 2.46. The van der Waals surface area contributed by atoms with Gasteiger partial charge in [0.05, 0.1) is 18.1 Å². The maximum absolute atomic E-state index is 12.7. The molecule has 2 aliphatic heterocycles. The highest BCUT2D eigenvalue weighted by Crippen LogP contribution is 2.39. The fraction of sp³-hybridized carbons (Fsp3) is 0.625. The number of rotatable bonds is 1. The van der Waals surface area contributed by atoms with E-state index in [0.717, 1.165) is 30.9 Å². The molecule has 0 radical (unpaired) electrons. The molecule has 3 heterocycles. The number of carbonyl (C=O) groups is 2. The Morgan fingerprint density at radius 2 is 2.29 bits per heavy atom. The minimum atomic E-state index is 0.0851. The van der Waals surface area contributed by atoms with Gasteiger partial charge < -0.3 is 9.64 Å². The molecule has 3 aliphatic rings. The van der Waals surface area contributed by atoms with Crippen LogP contribution in [0.25, 0.3) is 0 Å². The summed E-state index contributed by atoms with van der Waals surface area (Å²) >= 11 is 1.60.